The van der Waals surface area contributed by atoms with Gasteiger partial charge in [-0.3, -0.25) is 4.79 Å². The fourth-order valence-corrected chi connectivity index (χ4v) is 2.27. The number of carbonyl (C=O) groups is 1. The number of aromatic nitrogens is 2. The van der Waals surface area contributed by atoms with E-state index in [2.05, 4.69) is 10.4 Å². The summed E-state index contributed by atoms with van der Waals surface area (Å²) < 4.78 is 1.84. The Morgan fingerprint density at radius 3 is 2.41 bits per heavy atom. The molecule has 3 aromatic rings. The molecular weight excluding hydrogens is 274 g/mol. The average Bonchev–Trinajstić information content (AvgIpc) is 3.00. The molecule has 22 heavy (non-hydrogen) atoms. The van der Waals surface area contributed by atoms with Crippen molar-refractivity contribution in [2.24, 2.45) is 0 Å². The molecular formula is C18H17N3O. The SMILES string of the molecule is Cc1ccnn1-c1ccc(C(=O)NCc2ccccc2)cc1. The molecule has 4 heteroatoms. The maximum absolute atomic E-state index is 12.1. The Labute approximate surface area is 129 Å². The van der Waals surface area contributed by atoms with Gasteiger partial charge >= 0.3 is 0 Å². The van der Waals surface area contributed by atoms with Crippen molar-refractivity contribution in [2.45, 2.75) is 13.5 Å². The molecule has 0 aliphatic rings. The summed E-state index contributed by atoms with van der Waals surface area (Å²) in [5, 5.41) is 7.17. The molecule has 110 valence electrons. The second-order valence-corrected chi connectivity index (χ2v) is 5.10. The highest BCUT2D eigenvalue weighted by molar-refractivity contribution is 5.94. The third kappa shape index (κ3) is 3.06. The maximum atomic E-state index is 12.1. The molecule has 0 radical (unpaired) electrons. The molecule has 1 aromatic heterocycles. The Balaban J connectivity index is 1.67. The van der Waals surface area contributed by atoms with E-state index in [1.807, 2.05) is 72.3 Å². The van der Waals surface area contributed by atoms with E-state index in [1.165, 1.54) is 0 Å². The van der Waals surface area contributed by atoms with Gasteiger partial charge in [-0.1, -0.05) is 30.3 Å². The van der Waals surface area contributed by atoms with Crippen molar-refractivity contribution < 1.29 is 4.79 Å². The molecule has 3 rings (SSSR count). The van der Waals surface area contributed by atoms with Crippen LogP contribution in [0.15, 0.2) is 66.9 Å². The summed E-state index contributed by atoms with van der Waals surface area (Å²) in [4.78, 5) is 12.1. The van der Waals surface area contributed by atoms with Gasteiger partial charge in [0.2, 0.25) is 0 Å². The zero-order valence-electron chi connectivity index (χ0n) is 12.4. The van der Waals surface area contributed by atoms with Crippen molar-refractivity contribution in [1.82, 2.24) is 15.1 Å². The van der Waals surface area contributed by atoms with E-state index in [1.54, 1.807) is 6.20 Å². The predicted octanol–water partition coefficient (Wildman–Crippen LogP) is 3.11. The van der Waals surface area contributed by atoms with E-state index in [0.29, 0.717) is 12.1 Å². The van der Waals surface area contributed by atoms with Crippen LogP contribution in [-0.2, 0) is 6.54 Å². The van der Waals surface area contributed by atoms with Crippen LogP contribution in [0.2, 0.25) is 0 Å². The zero-order valence-corrected chi connectivity index (χ0v) is 12.4. The van der Waals surface area contributed by atoms with Crippen LogP contribution in [-0.4, -0.2) is 15.7 Å². The Hall–Kier alpha value is -2.88. The summed E-state index contributed by atoms with van der Waals surface area (Å²) in [6.45, 7) is 2.52. The summed E-state index contributed by atoms with van der Waals surface area (Å²) in [6.07, 6.45) is 1.76. The average molecular weight is 291 g/mol. The highest BCUT2D eigenvalue weighted by atomic mass is 16.1. The number of nitrogens with zero attached hydrogens (tertiary/aromatic N) is 2. The van der Waals surface area contributed by atoms with Crippen molar-refractivity contribution in [3.8, 4) is 5.69 Å². The van der Waals surface area contributed by atoms with Crippen molar-refractivity contribution >= 4 is 5.91 Å². The van der Waals surface area contributed by atoms with Crippen LogP contribution in [0.1, 0.15) is 21.6 Å². The van der Waals surface area contributed by atoms with Gasteiger partial charge in [0.05, 0.1) is 5.69 Å². The van der Waals surface area contributed by atoms with Crippen LogP contribution in [0, 0.1) is 6.92 Å². The molecule has 1 N–H and O–H groups in total. The standard InChI is InChI=1S/C18H17N3O/c1-14-11-12-20-21(14)17-9-7-16(8-10-17)18(22)19-13-15-5-3-2-4-6-15/h2-12H,13H2,1H3,(H,19,22). The molecule has 0 atom stereocenters. The first-order valence-corrected chi connectivity index (χ1v) is 7.17. The molecule has 0 aliphatic carbocycles. The summed E-state index contributed by atoms with van der Waals surface area (Å²) in [6, 6.07) is 19.2. The lowest BCUT2D eigenvalue weighted by molar-refractivity contribution is 0.0951. The second-order valence-electron chi connectivity index (χ2n) is 5.10. The van der Waals surface area contributed by atoms with Gasteiger partial charge in [0, 0.05) is 24.0 Å². The smallest absolute Gasteiger partial charge is 0.251 e. The topological polar surface area (TPSA) is 46.9 Å². The van der Waals surface area contributed by atoms with Gasteiger partial charge < -0.3 is 5.32 Å². The van der Waals surface area contributed by atoms with Crippen LogP contribution in [0.25, 0.3) is 5.69 Å². The highest BCUT2D eigenvalue weighted by Gasteiger charge is 2.06. The van der Waals surface area contributed by atoms with E-state index >= 15 is 0 Å². The van der Waals surface area contributed by atoms with Crippen LogP contribution < -0.4 is 5.32 Å². The number of amides is 1. The lowest BCUT2D eigenvalue weighted by Gasteiger charge is -2.07. The lowest BCUT2D eigenvalue weighted by atomic mass is 10.1. The Kier molecular flexibility index (Phi) is 4.01. The fourth-order valence-electron chi connectivity index (χ4n) is 2.27. The first-order chi connectivity index (χ1) is 10.7. The number of hydrogen-bond donors (Lipinski definition) is 1. The van der Waals surface area contributed by atoms with E-state index in [-0.39, 0.29) is 5.91 Å². The third-order valence-corrected chi connectivity index (χ3v) is 3.50. The number of hydrogen-bond acceptors (Lipinski definition) is 2. The second kappa shape index (κ2) is 6.26. The minimum absolute atomic E-state index is 0.0763. The van der Waals surface area contributed by atoms with E-state index in [0.717, 1.165) is 16.9 Å². The van der Waals surface area contributed by atoms with Gasteiger partial charge in [-0.25, -0.2) is 4.68 Å². The van der Waals surface area contributed by atoms with Crippen LogP contribution in [0.4, 0.5) is 0 Å². The summed E-state index contributed by atoms with van der Waals surface area (Å²) in [7, 11) is 0. The number of benzene rings is 2. The molecule has 2 aromatic carbocycles. The van der Waals surface area contributed by atoms with Gasteiger partial charge in [0.1, 0.15) is 0 Å². The summed E-state index contributed by atoms with van der Waals surface area (Å²) in [5.74, 6) is -0.0763. The molecule has 0 saturated carbocycles. The molecule has 0 spiro atoms. The maximum Gasteiger partial charge on any atom is 0.251 e. The largest absolute Gasteiger partial charge is 0.348 e. The van der Waals surface area contributed by atoms with Crippen LogP contribution >= 0.6 is 0 Å². The molecule has 0 bridgehead atoms. The number of aryl methyl sites for hydroxylation is 1. The van der Waals surface area contributed by atoms with E-state index < -0.39 is 0 Å². The van der Waals surface area contributed by atoms with Gasteiger partial charge in [0.15, 0.2) is 0 Å². The van der Waals surface area contributed by atoms with Crippen molar-refractivity contribution in [1.29, 1.82) is 0 Å². The zero-order chi connectivity index (χ0) is 15.4. The normalized spacial score (nSPS) is 10.4. The Bertz CT molecular complexity index is 761. The molecule has 4 nitrogen and oxygen atoms in total. The number of nitrogens with one attached hydrogen (secondary N) is 1. The fraction of sp³-hybridized carbons (Fsp3) is 0.111. The first kappa shape index (κ1) is 14.1. The highest BCUT2D eigenvalue weighted by Crippen LogP contribution is 2.11. The molecule has 1 heterocycles. The van der Waals surface area contributed by atoms with Gasteiger partial charge in [-0.15, -0.1) is 0 Å². The minimum atomic E-state index is -0.0763. The molecule has 0 unspecified atom stereocenters. The minimum Gasteiger partial charge on any atom is -0.348 e. The van der Waals surface area contributed by atoms with Crippen molar-refractivity contribution in [3.05, 3.63) is 83.7 Å². The lowest BCUT2D eigenvalue weighted by Crippen LogP contribution is -2.22. The first-order valence-electron chi connectivity index (χ1n) is 7.17. The summed E-state index contributed by atoms with van der Waals surface area (Å²) >= 11 is 0. The van der Waals surface area contributed by atoms with E-state index in [4.69, 9.17) is 0 Å². The van der Waals surface area contributed by atoms with Crippen LogP contribution in [0.5, 0.6) is 0 Å². The number of carbonyl (C=O) groups excluding carboxylic acids is 1. The molecule has 0 saturated heterocycles. The van der Waals surface area contributed by atoms with E-state index in [9.17, 15) is 4.79 Å². The van der Waals surface area contributed by atoms with Gasteiger partial charge in [-0.05, 0) is 42.8 Å². The predicted molar refractivity (Wildman–Crippen MR) is 85.9 cm³/mol. The molecule has 0 fully saturated rings. The Morgan fingerprint density at radius 1 is 1.05 bits per heavy atom. The number of rotatable bonds is 4. The van der Waals surface area contributed by atoms with Gasteiger partial charge in [-0.2, -0.15) is 5.10 Å². The Morgan fingerprint density at radius 2 is 1.77 bits per heavy atom. The third-order valence-electron chi connectivity index (χ3n) is 3.50. The molecule has 1 amide bonds. The van der Waals surface area contributed by atoms with Crippen molar-refractivity contribution in [2.75, 3.05) is 0 Å². The van der Waals surface area contributed by atoms with Crippen LogP contribution in [0.3, 0.4) is 0 Å². The molecule has 0 aliphatic heterocycles. The summed E-state index contributed by atoms with van der Waals surface area (Å²) in [5.41, 5.74) is 3.73. The van der Waals surface area contributed by atoms with Crippen molar-refractivity contribution in [3.63, 3.8) is 0 Å². The quantitative estimate of drug-likeness (QED) is 0.803. The monoisotopic (exact) mass is 291 g/mol. The van der Waals surface area contributed by atoms with Gasteiger partial charge in [0.25, 0.3) is 5.91 Å².